The van der Waals surface area contributed by atoms with Gasteiger partial charge in [0.25, 0.3) is 0 Å². The van der Waals surface area contributed by atoms with Crippen LogP contribution in [0, 0.1) is 5.92 Å². The molecule has 1 fully saturated rings. The van der Waals surface area contributed by atoms with Crippen LogP contribution in [0.5, 0.6) is 0 Å². The molecule has 1 heterocycles. The molecule has 0 aliphatic carbocycles. The smallest absolute Gasteiger partial charge is 0.412 e. The molecule has 6 heteroatoms. The normalized spacial score (nSPS) is 18.9. The molecule has 0 aromatic heterocycles. The number of alkyl carbamates (subject to hydrolysis) is 1. The zero-order valence-corrected chi connectivity index (χ0v) is 13.4. The summed E-state index contributed by atoms with van der Waals surface area (Å²) in [4.78, 5) is 25.1. The predicted octanol–water partition coefficient (Wildman–Crippen LogP) is 2.89. The molecule has 1 N–H and O–H groups in total. The fourth-order valence-corrected chi connectivity index (χ4v) is 2.15. The number of allylic oxidation sites excluding steroid dienone is 1. The van der Waals surface area contributed by atoms with Crippen LogP contribution in [0.2, 0.25) is 0 Å². The van der Waals surface area contributed by atoms with E-state index in [9.17, 15) is 9.59 Å². The molecule has 0 aromatic rings. The van der Waals surface area contributed by atoms with Crippen molar-refractivity contribution in [3.63, 3.8) is 0 Å². The summed E-state index contributed by atoms with van der Waals surface area (Å²) in [5.74, 6) is 0.565. The molecule has 120 valence electrons. The summed E-state index contributed by atoms with van der Waals surface area (Å²) in [6.07, 6.45) is 1.07. The lowest BCUT2D eigenvalue weighted by atomic mass is 9.98. The highest BCUT2D eigenvalue weighted by atomic mass is 16.6. The number of ether oxygens (including phenoxy) is 2. The van der Waals surface area contributed by atoms with Crippen LogP contribution in [-0.4, -0.2) is 42.3 Å². The number of amides is 2. The summed E-state index contributed by atoms with van der Waals surface area (Å²) < 4.78 is 10.2. The monoisotopic (exact) mass is 298 g/mol. The van der Waals surface area contributed by atoms with Crippen LogP contribution >= 0.6 is 0 Å². The van der Waals surface area contributed by atoms with Crippen molar-refractivity contribution in [3.05, 3.63) is 12.3 Å². The first kappa shape index (κ1) is 17.3. The summed E-state index contributed by atoms with van der Waals surface area (Å²) in [6, 6.07) is 0. The molecule has 2 amide bonds. The lowest BCUT2D eigenvalue weighted by Crippen LogP contribution is -2.45. The maximum atomic E-state index is 12.0. The molecular formula is C15H26N2O4. The van der Waals surface area contributed by atoms with Crippen molar-refractivity contribution >= 4 is 12.2 Å². The second-order valence-corrected chi connectivity index (χ2v) is 6.41. The molecule has 0 aromatic carbocycles. The van der Waals surface area contributed by atoms with Gasteiger partial charge in [-0.3, -0.25) is 0 Å². The molecule has 1 saturated heterocycles. The molecule has 1 unspecified atom stereocenters. The third-order valence-electron chi connectivity index (χ3n) is 2.97. The van der Waals surface area contributed by atoms with Crippen LogP contribution in [-0.2, 0) is 9.47 Å². The van der Waals surface area contributed by atoms with E-state index < -0.39 is 11.7 Å². The summed E-state index contributed by atoms with van der Waals surface area (Å²) in [7, 11) is 0. The van der Waals surface area contributed by atoms with Gasteiger partial charge < -0.3 is 19.7 Å². The van der Waals surface area contributed by atoms with Gasteiger partial charge >= 0.3 is 12.2 Å². The molecule has 1 atom stereocenters. The SMILES string of the molecule is C=C(C)OC(=O)NCC1CCCN(C(=O)OC(C)(C)C)C1. The molecule has 6 nitrogen and oxygen atoms in total. The van der Waals surface area contributed by atoms with E-state index in [1.165, 1.54) is 0 Å². The lowest BCUT2D eigenvalue weighted by molar-refractivity contribution is 0.0167. The first-order chi connectivity index (χ1) is 9.67. The van der Waals surface area contributed by atoms with Crippen LogP contribution in [0.1, 0.15) is 40.5 Å². The van der Waals surface area contributed by atoms with E-state index in [1.807, 2.05) is 20.8 Å². The van der Waals surface area contributed by atoms with Crippen molar-refractivity contribution in [2.45, 2.75) is 46.1 Å². The van der Waals surface area contributed by atoms with E-state index >= 15 is 0 Å². The summed E-state index contributed by atoms with van der Waals surface area (Å²) >= 11 is 0. The second-order valence-electron chi connectivity index (χ2n) is 6.41. The predicted molar refractivity (Wildman–Crippen MR) is 79.8 cm³/mol. The van der Waals surface area contributed by atoms with Crippen molar-refractivity contribution in [1.29, 1.82) is 0 Å². The number of rotatable bonds is 3. The topological polar surface area (TPSA) is 67.9 Å². The van der Waals surface area contributed by atoms with Crippen LogP contribution in [0.25, 0.3) is 0 Å². The van der Waals surface area contributed by atoms with Crippen LogP contribution < -0.4 is 5.32 Å². The van der Waals surface area contributed by atoms with E-state index in [2.05, 4.69) is 11.9 Å². The Kier molecular flexibility index (Phi) is 6.05. The molecule has 1 aliphatic rings. The number of piperidine rings is 1. The fraction of sp³-hybridized carbons (Fsp3) is 0.733. The van der Waals surface area contributed by atoms with Gasteiger partial charge in [0.05, 0.1) is 5.76 Å². The number of likely N-dealkylation sites (tertiary alicyclic amines) is 1. The Morgan fingerprint density at radius 1 is 1.38 bits per heavy atom. The number of nitrogens with zero attached hydrogens (tertiary/aromatic N) is 1. The van der Waals surface area contributed by atoms with Crippen molar-refractivity contribution < 1.29 is 19.1 Å². The van der Waals surface area contributed by atoms with Crippen molar-refractivity contribution in [3.8, 4) is 0 Å². The third kappa shape index (κ3) is 7.02. The minimum atomic E-state index is -0.503. The molecule has 21 heavy (non-hydrogen) atoms. The van der Waals surface area contributed by atoms with Gasteiger partial charge in [-0.25, -0.2) is 9.59 Å². The minimum Gasteiger partial charge on any atom is -0.444 e. The molecular weight excluding hydrogens is 272 g/mol. The average molecular weight is 298 g/mol. The standard InChI is InChI=1S/C15H26N2O4/c1-11(2)20-13(18)16-9-12-7-6-8-17(10-12)14(19)21-15(3,4)5/h12H,1,6-10H2,2-5H3,(H,16,18). The van der Waals surface area contributed by atoms with Gasteiger partial charge in [0.2, 0.25) is 0 Å². The number of hydrogen-bond donors (Lipinski definition) is 1. The number of nitrogens with one attached hydrogen (secondary N) is 1. The number of carbonyl (C=O) groups excluding carboxylic acids is 2. The maximum Gasteiger partial charge on any atom is 0.412 e. The van der Waals surface area contributed by atoms with Gasteiger partial charge in [0.15, 0.2) is 0 Å². The molecule has 0 radical (unpaired) electrons. The molecule has 1 rings (SSSR count). The van der Waals surface area contributed by atoms with Crippen molar-refractivity contribution in [2.24, 2.45) is 5.92 Å². The molecule has 0 bridgehead atoms. The maximum absolute atomic E-state index is 12.0. The largest absolute Gasteiger partial charge is 0.444 e. The Balaban J connectivity index is 2.40. The molecule has 0 saturated carbocycles. The molecule has 1 aliphatic heterocycles. The Labute approximate surface area is 126 Å². The highest BCUT2D eigenvalue weighted by Crippen LogP contribution is 2.18. The Hall–Kier alpha value is -1.72. The van der Waals surface area contributed by atoms with Crippen molar-refractivity contribution in [1.82, 2.24) is 10.2 Å². The number of hydrogen-bond acceptors (Lipinski definition) is 4. The van der Waals surface area contributed by atoms with Gasteiger partial charge in [-0.05, 0) is 46.5 Å². The van der Waals surface area contributed by atoms with E-state index in [0.717, 1.165) is 12.8 Å². The summed E-state index contributed by atoms with van der Waals surface area (Å²) in [5, 5.41) is 2.69. The van der Waals surface area contributed by atoms with Gasteiger partial charge in [0.1, 0.15) is 5.60 Å². The zero-order chi connectivity index (χ0) is 16.0. The second kappa shape index (κ2) is 7.33. The highest BCUT2D eigenvalue weighted by molar-refractivity contribution is 5.69. The third-order valence-corrected chi connectivity index (χ3v) is 2.97. The first-order valence-corrected chi connectivity index (χ1v) is 7.26. The van der Waals surface area contributed by atoms with Crippen LogP contribution in [0.15, 0.2) is 12.3 Å². The minimum absolute atomic E-state index is 0.212. The van der Waals surface area contributed by atoms with E-state index in [0.29, 0.717) is 25.4 Å². The lowest BCUT2D eigenvalue weighted by Gasteiger charge is -2.34. The Bertz CT molecular complexity index is 401. The van der Waals surface area contributed by atoms with Gasteiger partial charge in [0, 0.05) is 19.6 Å². The van der Waals surface area contributed by atoms with Crippen LogP contribution in [0.3, 0.4) is 0 Å². The van der Waals surface area contributed by atoms with E-state index in [1.54, 1.807) is 11.8 Å². The zero-order valence-electron chi connectivity index (χ0n) is 13.4. The molecule has 0 spiro atoms. The fourth-order valence-electron chi connectivity index (χ4n) is 2.15. The van der Waals surface area contributed by atoms with E-state index in [-0.39, 0.29) is 12.0 Å². The summed E-state index contributed by atoms with van der Waals surface area (Å²) in [5.41, 5.74) is -0.492. The van der Waals surface area contributed by atoms with Gasteiger partial charge in [-0.1, -0.05) is 6.58 Å². The van der Waals surface area contributed by atoms with Crippen molar-refractivity contribution in [2.75, 3.05) is 19.6 Å². The highest BCUT2D eigenvalue weighted by Gasteiger charge is 2.27. The Morgan fingerprint density at radius 3 is 2.62 bits per heavy atom. The number of carbonyl (C=O) groups is 2. The quantitative estimate of drug-likeness (QED) is 0.813. The van der Waals surface area contributed by atoms with Gasteiger partial charge in [-0.2, -0.15) is 0 Å². The Morgan fingerprint density at radius 2 is 2.05 bits per heavy atom. The first-order valence-electron chi connectivity index (χ1n) is 7.26. The van der Waals surface area contributed by atoms with Crippen LogP contribution in [0.4, 0.5) is 9.59 Å². The van der Waals surface area contributed by atoms with Gasteiger partial charge in [-0.15, -0.1) is 0 Å². The van der Waals surface area contributed by atoms with E-state index in [4.69, 9.17) is 9.47 Å². The summed E-state index contributed by atoms with van der Waals surface area (Å²) in [6.45, 7) is 12.4. The average Bonchev–Trinajstić information content (AvgIpc) is 2.34.